The zero-order chi connectivity index (χ0) is 12.8. The summed E-state index contributed by atoms with van der Waals surface area (Å²) in [7, 11) is 0. The molecule has 1 aromatic rings. The molecule has 1 aliphatic carbocycles. The van der Waals surface area contributed by atoms with Crippen molar-refractivity contribution in [1.82, 2.24) is 9.97 Å². The third kappa shape index (κ3) is 3.68. The molecule has 5 nitrogen and oxygen atoms in total. The van der Waals surface area contributed by atoms with Crippen LogP contribution < -0.4 is 5.32 Å². The topological polar surface area (TPSA) is 75.1 Å². The maximum absolute atomic E-state index is 10.4. The minimum absolute atomic E-state index is 0.1000. The zero-order valence-corrected chi connectivity index (χ0v) is 10.4. The van der Waals surface area contributed by atoms with Gasteiger partial charge in [0, 0.05) is 18.7 Å². The second kappa shape index (κ2) is 6.33. The highest BCUT2D eigenvalue weighted by Crippen LogP contribution is 2.30. The predicted molar refractivity (Wildman–Crippen MR) is 68.6 cm³/mol. The van der Waals surface area contributed by atoms with Crippen LogP contribution >= 0.6 is 0 Å². The number of carboxylic acids is 1. The molecule has 0 spiro atoms. The maximum atomic E-state index is 10.4. The van der Waals surface area contributed by atoms with Gasteiger partial charge in [-0.2, -0.15) is 0 Å². The largest absolute Gasteiger partial charge is 0.481 e. The first-order chi connectivity index (χ1) is 8.75. The van der Waals surface area contributed by atoms with Crippen LogP contribution in [0.25, 0.3) is 0 Å². The standard InChI is InChI=1S/C13H19N3O2/c17-12(18)7-9-14-11-6-8-15-13(16-11)10-4-2-1-3-5-10/h6,8,10H,1-5,7,9H2,(H,17,18)(H,14,15,16). The summed E-state index contributed by atoms with van der Waals surface area (Å²) in [6.07, 6.45) is 8.00. The highest BCUT2D eigenvalue weighted by atomic mass is 16.4. The fourth-order valence-electron chi connectivity index (χ4n) is 2.33. The summed E-state index contributed by atoms with van der Waals surface area (Å²) >= 11 is 0. The number of aromatic nitrogens is 2. The Labute approximate surface area is 107 Å². The van der Waals surface area contributed by atoms with Gasteiger partial charge < -0.3 is 10.4 Å². The summed E-state index contributed by atoms with van der Waals surface area (Å²) in [6.45, 7) is 0.399. The van der Waals surface area contributed by atoms with Gasteiger partial charge in [0.05, 0.1) is 6.42 Å². The first kappa shape index (κ1) is 12.8. The number of hydrogen-bond donors (Lipinski definition) is 2. The van der Waals surface area contributed by atoms with Gasteiger partial charge in [-0.25, -0.2) is 9.97 Å². The lowest BCUT2D eigenvalue weighted by molar-refractivity contribution is -0.136. The number of anilines is 1. The molecule has 0 aliphatic heterocycles. The predicted octanol–water partition coefficient (Wildman–Crippen LogP) is 2.41. The third-order valence-electron chi connectivity index (χ3n) is 3.29. The molecule has 0 bridgehead atoms. The molecule has 0 amide bonds. The molecule has 1 aromatic heterocycles. The van der Waals surface area contributed by atoms with E-state index in [1.165, 1.54) is 32.1 Å². The molecule has 1 saturated carbocycles. The van der Waals surface area contributed by atoms with Crippen LogP contribution in [0, 0.1) is 0 Å². The zero-order valence-electron chi connectivity index (χ0n) is 10.4. The van der Waals surface area contributed by atoms with Crippen LogP contribution in [0.4, 0.5) is 5.82 Å². The van der Waals surface area contributed by atoms with Gasteiger partial charge >= 0.3 is 5.97 Å². The molecule has 2 N–H and O–H groups in total. The quantitative estimate of drug-likeness (QED) is 0.838. The molecule has 18 heavy (non-hydrogen) atoms. The monoisotopic (exact) mass is 249 g/mol. The van der Waals surface area contributed by atoms with Gasteiger partial charge in [-0.1, -0.05) is 19.3 Å². The number of aliphatic carboxylic acids is 1. The molecular weight excluding hydrogens is 230 g/mol. The first-order valence-corrected chi connectivity index (χ1v) is 6.54. The van der Waals surface area contributed by atoms with Crippen LogP contribution in [-0.4, -0.2) is 27.6 Å². The third-order valence-corrected chi connectivity index (χ3v) is 3.29. The van der Waals surface area contributed by atoms with E-state index in [1.807, 2.05) is 0 Å². The van der Waals surface area contributed by atoms with E-state index < -0.39 is 5.97 Å². The number of rotatable bonds is 5. The van der Waals surface area contributed by atoms with Crippen LogP contribution in [-0.2, 0) is 4.79 Å². The molecule has 5 heteroatoms. The van der Waals surface area contributed by atoms with E-state index in [0.29, 0.717) is 12.5 Å². The van der Waals surface area contributed by atoms with Crippen molar-refractivity contribution in [2.24, 2.45) is 0 Å². The van der Waals surface area contributed by atoms with E-state index in [0.717, 1.165) is 11.6 Å². The first-order valence-electron chi connectivity index (χ1n) is 6.54. The average molecular weight is 249 g/mol. The van der Waals surface area contributed by atoms with Gasteiger partial charge in [0.1, 0.15) is 11.6 Å². The highest BCUT2D eigenvalue weighted by molar-refractivity contribution is 5.67. The minimum Gasteiger partial charge on any atom is -0.481 e. The summed E-state index contributed by atoms with van der Waals surface area (Å²) in [5, 5.41) is 11.6. The van der Waals surface area contributed by atoms with Gasteiger partial charge in [0.15, 0.2) is 0 Å². The molecule has 0 radical (unpaired) electrons. The molecule has 2 rings (SSSR count). The Balaban J connectivity index is 1.93. The van der Waals surface area contributed by atoms with Gasteiger partial charge in [-0.05, 0) is 18.9 Å². The summed E-state index contributed by atoms with van der Waals surface area (Å²) < 4.78 is 0. The van der Waals surface area contributed by atoms with Gasteiger partial charge in [0.25, 0.3) is 0 Å². The second-order valence-electron chi connectivity index (χ2n) is 4.71. The number of carboxylic acid groups (broad SMARTS) is 1. The van der Waals surface area contributed by atoms with Crippen molar-refractivity contribution in [3.8, 4) is 0 Å². The van der Waals surface area contributed by atoms with Crippen molar-refractivity contribution < 1.29 is 9.90 Å². The Morgan fingerprint density at radius 1 is 1.39 bits per heavy atom. The van der Waals surface area contributed by atoms with Crippen LogP contribution in [0.5, 0.6) is 0 Å². The Morgan fingerprint density at radius 3 is 2.89 bits per heavy atom. The normalized spacial score (nSPS) is 16.4. The van der Waals surface area contributed by atoms with Crippen LogP contribution in [0.3, 0.4) is 0 Å². The Bertz CT molecular complexity index is 403. The van der Waals surface area contributed by atoms with Crippen molar-refractivity contribution in [3.63, 3.8) is 0 Å². The van der Waals surface area contributed by atoms with Crippen molar-refractivity contribution in [3.05, 3.63) is 18.1 Å². The average Bonchev–Trinajstić information content (AvgIpc) is 2.40. The van der Waals surface area contributed by atoms with Crippen molar-refractivity contribution in [2.45, 2.75) is 44.4 Å². The van der Waals surface area contributed by atoms with E-state index in [1.54, 1.807) is 12.3 Å². The van der Waals surface area contributed by atoms with E-state index >= 15 is 0 Å². The Kier molecular flexibility index (Phi) is 4.50. The molecular formula is C13H19N3O2. The molecule has 1 aliphatic rings. The van der Waals surface area contributed by atoms with Gasteiger partial charge in [-0.15, -0.1) is 0 Å². The van der Waals surface area contributed by atoms with E-state index in [4.69, 9.17) is 5.11 Å². The fraction of sp³-hybridized carbons (Fsp3) is 0.615. The lowest BCUT2D eigenvalue weighted by Crippen LogP contribution is -2.12. The molecule has 0 saturated heterocycles. The minimum atomic E-state index is -0.802. The van der Waals surface area contributed by atoms with Crippen molar-refractivity contribution >= 4 is 11.8 Å². The summed E-state index contributed by atoms with van der Waals surface area (Å²) in [5.41, 5.74) is 0. The molecule has 1 heterocycles. The smallest absolute Gasteiger partial charge is 0.305 e. The van der Waals surface area contributed by atoms with E-state index in [-0.39, 0.29) is 6.42 Å². The maximum Gasteiger partial charge on any atom is 0.305 e. The number of nitrogens with zero attached hydrogens (tertiary/aromatic N) is 2. The van der Waals surface area contributed by atoms with Crippen molar-refractivity contribution in [1.29, 1.82) is 0 Å². The Morgan fingerprint density at radius 2 is 2.17 bits per heavy atom. The van der Waals surface area contributed by atoms with Crippen LogP contribution in [0.1, 0.15) is 50.3 Å². The lowest BCUT2D eigenvalue weighted by atomic mass is 9.89. The molecule has 0 unspecified atom stereocenters. The number of carbonyl (C=O) groups is 1. The summed E-state index contributed by atoms with van der Waals surface area (Å²) in [4.78, 5) is 19.2. The van der Waals surface area contributed by atoms with Gasteiger partial charge in [0.2, 0.25) is 0 Å². The molecule has 0 aromatic carbocycles. The molecule has 98 valence electrons. The molecule has 0 atom stereocenters. The lowest BCUT2D eigenvalue weighted by Gasteiger charge is -2.20. The Hall–Kier alpha value is -1.65. The molecule has 1 fully saturated rings. The number of hydrogen-bond acceptors (Lipinski definition) is 4. The number of nitrogens with one attached hydrogen (secondary N) is 1. The summed E-state index contributed by atoms with van der Waals surface area (Å²) in [5.74, 6) is 1.30. The van der Waals surface area contributed by atoms with Gasteiger partial charge in [-0.3, -0.25) is 4.79 Å². The highest BCUT2D eigenvalue weighted by Gasteiger charge is 2.18. The van der Waals surface area contributed by atoms with Crippen LogP contribution in [0.2, 0.25) is 0 Å². The summed E-state index contributed by atoms with van der Waals surface area (Å²) in [6, 6.07) is 1.79. The second-order valence-corrected chi connectivity index (χ2v) is 4.71. The fourth-order valence-corrected chi connectivity index (χ4v) is 2.33. The van der Waals surface area contributed by atoms with Crippen molar-refractivity contribution in [2.75, 3.05) is 11.9 Å². The van der Waals surface area contributed by atoms with E-state index in [2.05, 4.69) is 15.3 Å². The van der Waals surface area contributed by atoms with Crippen LogP contribution in [0.15, 0.2) is 12.3 Å². The van der Waals surface area contributed by atoms with E-state index in [9.17, 15) is 4.79 Å². The SMILES string of the molecule is O=C(O)CCNc1ccnc(C2CCCCC2)n1.